The molecule has 34 heavy (non-hydrogen) atoms. The summed E-state index contributed by atoms with van der Waals surface area (Å²) in [7, 11) is 0. The summed E-state index contributed by atoms with van der Waals surface area (Å²) in [5, 5.41) is 8.18. The molecule has 1 fully saturated rings. The molecule has 0 radical (unpaired) electrons. The first-order valence-corrected chi connectivity index (χ1v) is 11.7. The number of urea groups is 1. The summed E-state index contributed by atoms with van der Waals surface area (Å²) in [5.74, 6) is -0.389. The van der Waals surface area contributed by atoms with Crippen LogP contribution >= 0.6 is 0 Å². The summed E-state index contributed by atoms with van der Waals surface area (Å²) in [4.78, 5) is 41.5. The SMILES string of the molecule is Cc1ccc(NC(=O)NC(=O)C(C)N2CCN(CC(=O)Nc3cccc(C)c3C)CC2)c(C)c1. The fourth-order valence-electron chi connectivity index (χ4n) is 4.08. The van der Waals surface area contributed by atoms with E-state index in [-0.39, 0.29) is 11.8 Å². The lowest BCUT2D eigenvalue weighted by Gasteiger charge is -2.37. The van der Waals surface area contributed by atoms with Gasteiger partial charge in [0.05, 0.1) is 12.6 Å². The van der Waals surface area contributed by atoms with E-state index < -0.39 is 12.1 Å². The maximum atomic E-state index is 12.6. The minimum absolute atomic E-state index is 0.0454. The van der Waals surface area contributed by atoms with Crippen molar-refractivity contribution in [3.8, 4) is 0 Å². The first kappa shape index (κ1) is 25.4. The van der Waals surface area contributed by atoms with E-state index in [1.165, 1.54) is 0 Å². The fraction of sp³-hybridized carbons (Fsp3) is 0.423. The summed E-state index contributed by atoms with van der Waals surface area (Å²) in [6, 6.07) is 10.6. The lowest BCUT2D eigenvalue weighted by Crippen LogP contribution is -2.55. The van der Waals surface area contributed by atoms with Gasteiger partial charge in [0, 0.05) is 37.6 Å². The number of amides is 4. The van der Waals surface area contributed by atoms with Gasteiger partial charge in [-0.3, -0.25) is 24.7 Å². The van der Waals surface area contributed by atoms with Gasteiger partial charge in [-0.25, -0.2) is 4.79 Å². The van der Waals surface area contributed by atoms with Crippen molar-refractivity contribution in [3.05, 3.63) is 58.7 Å². The van der Waals surface area contributed by atoms with E-state index in [0.29, 0.717) is 38.4 Å². The molecule has 0 saturated carbocycles. The van der Waals surface area contributed by atoms with E-state index in [0.717, 1.165) is 27.9 Å². The van der Waals surface area contributed by atoms with Crippen LogP contribution in [0.15, 0.2) is 36.4 Å². The first-order chi connectivity index (χ1) is 16.1. The molecule has 8 nitrogen and oxygen atoms in total. The molecular weight excluding hydrogens is 430 g/mol. The quantitative estimate of drug-likeness (QED) is 0.609. The molecule has 2 aromatic rings. The third kappa shape index (κ3) is 6.65. The monoisotopic (exact) mass is 465 g/mol. The number of carbonyl (C=O) groups excluding carboxylic acids is 3. The normalized spacial score (nSPS) is 15.4. The molecule has 1 atom stereocenters. The summed E-state index contributed by atoms with van der Waals surface area (Å²) < 4.78 is 0. The van der Waals surface area contributed by atoms with E-state index in [1.54, 1.807) is 6.92 Å². The van der Waals surface area contributed by atoms with Gasteiger partial charge in [0.25, 0.3) is 0 Å². The Morgan fingerprint density at radius 1 is 0.882 bits per heavy atom. The van der Waals surface area contributed by atoms with Gasteiger partial charge in [-0.1, -0.05) is 29.8 Å². The summed E-state index contributed by atoms with van der Waals surface area (Å²) in [5.41, 5.74) is 5.77. The van der Waals surface area contributed by atoms with Gasteiger partial charge in [-0.05, 0) is 63.4 Å². The summed E-state index contributed by atoms with van der Waals surface area (Å²) >= 11 is 0. The van der Waals surface area contributed by atoms with Crippen molar-refractivity contribution < 1.29 is 14.4 Å². The second-order valence-electron chi connectivity index (χ2n) is 9.05. The zero-order valence-corrected chi connectivity index (χ0v) is 20.7. The Balaban J connectivity index is 1.43. The molecule has 0 spiro atoms. The Bertz CT molecular complexity index is 1060. The lowest BCUT2D eigenvalue weighted by molar-refractivity contribution is -0.126. The minimum atomic E-state index is -0.537. The second kappa shape index (κ2) is 11.3. The van der Waals surface area contributed by atoms with Crippen molar-refractivity contribution in [1.29, 1.82) is 0 Å². The lowest BCUT2D eigenvalue weighted by atomic mass is 10.1. The van der Waals surface area contributed by atoms with E-state index in [2.05, 4.69) is 20.9 Å². The van der Waals surface area contributed by atoms with Gasteiger partial charge in [0.1, 0.15) is 0 Å². The smallest absolute Gasteiger partial charge is 0.325 e. The molecule has 4 amide bonds. The second-order valence-corrected chi connectivity index (χ2v) is 9.05. The van der Waals surface area contributed by atoms with Crippen LogP contribution in [0.1, 0.15) is 29.2 Å². The van der Waals surface area contributed by atoms with Crippen LogP contribution in [0.5, 0.6) is 0 Å². The predicted molar refractivity (Wildman–Crippen MR) is 135 cm³/mol. The zero-order chi connectivity index (χ0) is 24.8. The highest BCUT2D eigenvalue weighted by Crippen LogP contribution is 2.18. The van der Waals surface area contributed by atoms with Crippen molar-refractivity contribution in [2.75, 3.05) is 43.4 Å². The highest BCUT2D eigenvalue weighted by atomic mass is 16.2. The number of carbonyl (C=O) groups is 3. The van der Waals surface area contributed by atoms with Crippen LogP contribution in [-0.4, -0.2) is 66.4 Å². The predicted octanol–water partition coefficient (Wildman–Crippen LogP) is 3.21. The van der Waals surface area contributed by atoms with Crippen molar-refractivity contribution in [2.45, 2.75) is 40.7 Å². The van der Waals surface area contributed by atoms with Gasteiger partial charge in [-0.15, -0.1) is 0 Å². The van der Waals surface area contributed by atoms with E-state index in [1.807, 2.05) is 69.0 Å². The van der Waals surface area contributed by atoms with Crippen LogP contribution in [0.3, 0.4) is 0 Å². The average molecular weight is 466 g/mol. The van der Waals surface area contributed by atoms with Crippen LogP contribution in [-0.2, 0) is 9.59 Å². The number of anilines is 2. The largest absolute Gasteiger partial charge is 0.325 e. The molecular formula is C26H35N5O3. The maximum absolute atomic E-state index is 12.6. The standard InChI is InChI=1S/C26H35N5O3/c1-17-9-10-22(19(3)15-17)28-26(34)29-25(33)21(5)31-13-11-30(12-14-31)16-24(32)27-23-8-6-7-18(2)20(23)4/h6-10,15,21H,11-14,16H2,1-5H3,(H,27,32)(H2,28,29,33,34). The molecule has 1 heterocycles. The third-order valence-corrected chi connectivity index (χ3v) is 6.45. The molecule has 1 saturated heterocycles. The molecule has 1 aliphatic heterocycles. The molecule has 8 heteroatoms. The van der Waals surface area contributed by atoms with E-state index >= 15 is 0 Å². The Morgan fingerprint density at radius 2 is 1.59 bits per heavy atom. The summed E-state index contributed by atoms with van der Waals surface area (Å²) in [6.45, 7) is 12.6. The average Bonchev–Trinajstić information content (AvgIpc) is 2.79. The maximum Gasteiger partial charge on any atom is 0.325 e. The van der Waals surface area contributed by atoms with Crippen molar-refractivity contribution in [2.24, 2.45) is 0 Å². The number of piperazine rings is 1. The van der Waals surface area contributed by atoms with Crippen LogP contribution < -0.4 is 16.0 Å². The van der Waals surface area contributed by atoms with Gasteiger partial charge in [0.2, 0.25) is 11.8 Å². The third-order valence-electron chi connectivity index (χ3n) is 6.45. The number of hydrogen-bond donors (Lipinski definition) is 3. The Morgan fingerprint density at radius 3 is 2.26 bits per heavy atom. The fourth-order valence-corrected chi connectivity index (χ4v) is 4.08. The number of nitrogens with one attached hydrogen (secondary N) is 3. The molecule has 2 aromatic carbocycles. The van der Waals surface area contributed by atoms with Crippen LogP contribution in [0.2, 0.25) is 0 Å². The molecule has 0 aliphatic carbocycles. The zero-order valence-electron chi connectivity index (χ0n) is 20.7. The summed E-state index contributed by atoms with van der Waals surface area (Å²) in [6.07, 6.45) is 0. The Labute approximate surface area is 201 Å². The molecule has 1 unspecified atom stereocenters. The Kier molecular flexibility index (Phi) is 8.41. The van der Waals surface area contributed by atoms with Crippen molar-refractivity contribution >= 4 is 29.2 Å². The number of nitrogens with zero attached hydrogens (tertiary/aromatic N) is 2. The van der Waals surface area contributed by atoms with E-state index in [4.69, 9.17) is 0 Å². The highest BCUT2D eigenvalue weighted by Gasteiger charge is 2.27. The molecule has 3 rings (SSSR count). The number of hydrogen-bond acceptors (Lipinski definition) is 5. The van der Waals surface area contributed by atoms with Gasteiger partial charge in [0.15, 0.2) is 0 Å². The molecule has 3 N–H and O–H groups in total. The van der Waals surface area contributed by atoms with Crippen molar-refractivity contribution in [3.63, 3.8) is 0 Å². The molecule has 0 aromatic heterocycles. The number of aryl methyl sites for hydroxylation is 3. The first-order valence-electron chi connectivity index (χ1n) is 11.7. The van der Waals surface area contributed by atoms with Crippen molar-refractivity contribution in [1.82, 2.24) is 15.1 Å². The minimum Gasteiger partial charge on any atom is -0.325 e. The number of rotatable bonds is 6. The molecule has 0 bridgehead atoms. The number of benzene rings is 2. The highest BCUT2D eigenvalue weighted by molar-refractivity contribution is 6.03. The van der Waals surface area contributed by atoms with Crippen LogP contribution in [0.25, 0.3) is 0 Å². The molecule has 182 valence electrons. The van der Waals surface area contributed by atoms with Crippen LogP contribution in [0, 0.1) is 27.7 Å². The Hall–Kier alpha value is -3.23. The van der Waals surface area contributed by atoms with E-state index in [9.17, 15) is 14.4 Å². The van der Waals surface area contributed by atoms with Gasteiger partial charge >= 0.3 is 6.03 Å². The van der Waals surface area contributed by atoms with Crippen LogP contribution in [0.4, 0.5) is 16.2 Å². The topological polar surface area (TPSA) is 93.8 Å². The molecule has 1 aliphatic rings. The number of imide groups is 1. The van der Waals surface area contributed by atoms with Gasteiger partial charge in [-0.2, -0.15) is 0 Å². The van der Waals surface area contributed by atoms with Gasteiger partial charge < -0.3 is 10.6 Å².